The van der Waals surface area contributed by atoms with Crippen molar-refractivity contribution in [2.75, 3.05) is 18.8 Å². The molecule has 0 unspecified atom stereocenters. The molecule has 1 aromatic rings. The van der Waals surface area contributed by atoms with Crippen LogP contribution in [0.3, 0.4) is 0 Å². The SMILES string of the molecule is Nc1c(Cl)ccc(S(=O)(=O)N2CC(O)C2)c1Cl. The van der Waals surface area contributed by atoms with Gasteiger partial charge in [-0.3, -0.25) is 0 Å². The summed E-state index contributed by atoms with van der Waals surface area (Å²) in [5.41, 5.74) is 5.61. The van der Waals surface area contributed by atoms with Crippen molar-refractivity contribution in [2.45, 2.75) is 11.0 Å². The number of benzene rings is 1. The topological polar surface area (TPSA) is 83.6 Å². The fraction of sp³-hybridized carbons (Fsp3) is 0.333. The third-order valence-electron chi connectivity index (χ3n) is 2.54. The van der Waals surface area contributed by atoms with Crippen LogP contribution in [0.4, 0.5) is 5.69 Å². The number of β-amino-alcohol motifs (C(OH)–C–C–N with tert-alkyl or cyclic N) is 1. The van der Waals surface area contributed by atoms with Gasteiger partial charge in [0.05, 0.1) is 21.8 Å². The Labute approximate surface area is 109 Å². The Morgan fingerprint density at radius 1 is 1.35 bits per heavy atom. The number of anilines is 1. The van der Waals surface area contributed by atoms with E-state index in [2.05, 4.69) is 0 Å². The Morgan fingerprint density at radius 2 is 1.94 bits per heavy atom. The Balaban J connectivity index is 2.44. The number of rotatable bonds is 2. The molecule has 17 heavy (non-hydrogen) atoms. The van der Waals surface area contributed by atoms with Gasteiger partial charge in [0, 0.05) is 13.1 Å². The monoisotopic (exact) mass is 296 g/mol. The molecule has 1 saturated heterocycles. The molecule has 1 aliphatic rings. The molecule has 0 bridgehead atoms. The van der Waals surface area contributed by atoms with Crippen molar-refractivity contribution in [1.29, 1.82) is 0 Å². The summed E-state index contributed by atoms with van der Waals surface area (Å²) in [6, 6.07) is 2.69. The summed E-state index contributed by atoms with van der Waals surface area (Å²) in [5, 5.41) is 9.23. The standard InChI is InChI=1S/C9H10Cl2N2O3S/c10-6-1-2-7(8(11)9(6)12)17(15,16)13-3-5(14)4-13/h1-2,5,14H,3-4,12H2. The van der Waals surface area contributed by atoms with Crippen LogP contribution in [0, 0.1) is 0 Å². The number of sulfonamides is 1. The molecule has 1 aliphatic heterocycles. The van der Waals surface area contributed by atoms with Crippen LogP contribution >= 0.6 is 23.2 Å². The highest BCUT2D eigenvalue weighted by atomic mass is 35.5. The van der Waals surface area contributed by atoms with E-state index in [1.165, 1.54) is 12.1 Å². The van der Waals surface area contributed by atoms with Crippen LogP contribution in [-0.2, 0) is 10.0 Å². The lowest BCUT2D eigenvalue weighted by molar-refractivity contribution is 0.0548. The summed E-state index contributed by atoms with van der Waals surface area (Å²) in [7, 11) is -3.70. The van der Waals surface area contributed by atoms with E-state index in [9.17, 15) is 8.42 Å². The fourth-order valence-corrected chi connectivity index (χ4v) is 3.75. The summed E-state index contributed by atoms with van der Waals surface area (Å²) in [6.45, 7) is 0.141. The van der Waals surface area contributed by atoms with Crippen molar-refractivity contribution in [3.63, 3.8) is 0 Å². The van der Waals surface area contributed by atoms with E-state index in [0.717, 1.165) is 4.31 Å². The lowest BCUT2D eigenvalue weighted by Gasteiger charge is -2.34. The highest BCUT2D eigenvalue weighted by Crippen LogP contribution is 2.35. The Kier molecular flexibility index (Phi) is 3.26. The number of aliphatic hydroxyl groups excluding tert-OH is 1. The van der Waals surface area contributed by atoms with Crippen LogP contribution < -0.4 is 5.73 Å². The van der Waals surface area contributed by atoms with Crippen LogP contribution in [-0.4, -0.2) is 37.0 Å². The first kappa shape index (κ1) is 12.9. The number of hydrogen-bond acceptors (Lipinski definition) is 4. The van der Waals surface area contributed by atoms with E-state index in [1.807, 2.05) is 0 Å². The first-order valence-electron chi connectivity index (χ1n) is 4.75. The Hall–Kier alpha value is -0.530. The minimum Gasteiger partial charge on any atom is -0.396 e. The molecule has 1 heterocycles. The minimum absolute atomic E-state index is 0.0375. The zero-order valence-corrected chi connectivity index (χ0v) is 10.9. The van der Waals surface area contributed by atoms with Crippen molar-refractivity contribution in [3.05, 3.63) is 22.2 Å². The zero-order valence-electron chi connectivity index (χ0n) is 8.60. The second-order valence-electron chi connectivity index (χ2n) is 3.75. The quantitative estimate of drug-likeness (QED) is 0.796. The summed E-state index contributed by atoms with van der Waals surface area (Å²) < 4.78 is 25.3. The lowest BCUT2D eigenvalue weighted by atomic mass is 10.2. The molecule has 0 amide bonds. The molecular formula is C9H10Cl2N2O3S. The maximum Gasteiger partial charge on any atom is 0.244 e. The zero-order chi connectivity index (χ0) is 12.8. The van der Waals surface area contributed by atoms with Gasteiger partial charge in [0.1, 0.15) is 4.90 Å². The normalized spacial score (nSPS) is 18.1. The number of aliphatic hydroxyl groups is 1. The van der Waals surface area contributed by atoms with Gasteiger partial charge in [-0.15, -0.1) is 0 Å². The van der Waals surface area contributed by atoms with Crippen LogP contribution in [0.2, 0.25) is 10.0 Å². The van der Waals surface area contributed by atoms with Crippen molar-refractivity contribution >= 4 is 38.9 Å². The van der Waals surface area contributed by atoms with Gasteiger partial charge in [-0.1, -0.05) is 23.2 Å². The number of nitrogens with two attached hydrogens (primary N) is 1. The van der Waals surface area contributed by atoms with Gasteiger partial charge < -0.3 is 10.8 Å². The maximum absolute atomic E-state index is 12.1. The number of nitrogens with zero attached hydrogens (tertiary/aromatic N) is 1. The number of hydrogen-bond donors (Lipinski definition) is 2. The molecule has 0 aromatic heterocycles. The van der Waals surface area contributed by atoms with Gasteiger partial charge in [0.25, 0.3) is 0 Å². The fourth-order valence-electron chi connectivity index (χ4n) is 1.50. The van der Waals surface area contributed by atoms with Gasteiger partial charge >= 0.3 is 0 Å². The van der Waals surface area contributed by atoms with E-state index in [4.69, 9.17) is 34.0 Å². The molecule has 3 N–H and O–H groups in total. The molecule has 1 aromatic carbocycles. The van der Waals surface area contributed by atoms with Crippen LogP contribution in [0.15, 0.2) is 17.0 Å². The number of halogens is 2. The molecule has 0 atom stereocenters. The van der Waals surface area contributed by atoms with E-state index in [0.29, 0.717) is 0 Å². The molecule has 0 saturated carbocycles. The van der Waals surface area contributed by atoms with Gasteiger partial charge in [-0.05, 0) is 12.1 Å². The smallest absolute Gasteiger partial charge is 0.244 e. The van der Waals surface area contributed by atoms with Crippen molar-refractivity contribution < 1.29 is 13.5 Å². The predicted molar refractivity (Wildman–Crippen MR) is 65.6 cm³/mol. The first-order valence-corrected chi connectivity index (χ1v) is 6.95. The first-order chi connectivity index (χ1) is 7.84. The largest absolute Gasteiger partial charge is 0.396 e. The molecule has 0 radical (unpaired) electrons. The van der Waals surface area contributed by atoms with Crippen LogP contribution in [0.5, 0.6) is 0 Å². The summed E-state index contributed by atoms with van der Waals surface area (Å²) in [4.78, 5) is -0.0898. The van der Waals surface area contributed by atoms with Crippen LogP contribution in [0.25, 0.3) is 0 Å². The molecule has 1 fully saturated rings. The molecule has 8 heteroatoms. The van der Waals surface area contributed by atoms with E-state index >= 15 is 0 Å². The molecule has 5 nitrogen and oxygen atoms in total. The van der Waals surface area contributed by atoms with Crippen molar-refractivity contribution in [1.82, 2.24) is 4.31 Å². The summed E-state index contributed by atoms with van der Waals surface area (Å²) in [6.07, 6.45) is -0.617. The summed E-state index contributed by atoms with van der Waals surface area (Å²) in [5.74, 6) is 0. The summed E-state index contributed by atoms with van der Waals surface area (Å²) >= 11 is 11.6. The van der Waals surface area contributed by atoms with Gasteiger partial charge in [0.15, 0.2) is 0 Å². The van der Waals surface area contributed by atoms with E-state index < -0.39 is 16.1 Å². The van der Waals surface area contributed by atoms with Gasteiger partial charge in [-0.2, -0.15) is 4.31 Å². The lowest BCUT2D eigenvalue weighted by Crippen LogP contribution is -2.53. The van der Waals surface area contributed by atoms with Crippen molar-refractivity contribution in [3.8, 4) is 0 Å². The Bertz CT molecular complexity index is 556. The molecule has 0 aliphatic carbocycles. The average Bonchev–Trinajstić information content (AvgIpc) is 2.21. The molecular weight excluding hydrogens is 287 g/mol. The highest BCUT2D eigenvalue weighted by molar-refractivity contribution is 7.89. The number of nitrogen functional groups attached to an aromatic ring is 1. The molecule has 94 valence electrons. The maximum atomic E-state index is 12.1. The average molecular weight is 297 g/mol. The third-order valence-corrected chi connectivity index (χ3v) is 5.26. The third kappa shape index (κ3) is 2.11. The molecule has 0 spiro atoms. The second kappa shape index (κ2) is 4.29. The van der Waals surface area contributed by atoms with Crippen molar-refractivity contribution in [2.24, 2.45) is 0 Å². The van der Waals surface area contributed by atoms with Crippen LogP contribution in [0.1, 0.15) is 0 Å². The predicted octanol–water partition coefficient (Wildman–Crippen LogP) is 0.941. The second-order valence-corrected chi connectivity index (χ2v) is 6.44. The van der Waals surface area contributed by atoms with E-state index in [-0.39, 0.29) is 33.7 Å². The van der Waals surface area contributed by atoms with Gasteiger partial charge in [-0.25, -0.2) is 8.42 Å². The minimum atomic E-state index is -3.70. The Morgan fingerprint density at radius 3 is 2.47 bits per heavy atom. The molecule has 2 rings (SSSR count). The van der Waals surface area contributed by atoms with E-state index in [1.54, 1.807) is 0 Å². The highest BCUT2D eigenvalue weighted by Gasteiger charge is 2.37. The van der Waals surface area contributed by atoms with Gasteiger partial charge in [0.2, 0.25) is 10.0 Å².